The lowest BCUT2D eigenvalue weighted by Crippen LogP contribution is -2.47. The Hall–Kier alpha value is -2.05. The number of nitrogens with zero attached hydrogens (tertiary/aromatic N) is 3. The molecule has 3 atom stereocenters. The molecule has 17 heteroatoms. The maximum atomic E-state index is 13.7. The highest BCUT2D eigenvalue weighted by Gasteiger charge is 2.49. The molecule has 1 aromatic heterocycles. The zero-order valence-corrected chi connectivity index (χ0v) is 28.6. The highest BCUT2D eigenvalue weighted by atomic mass is 32.2. The molecule has 2 amide bonds. The first-order chi connectivity index (χ1) is 20.4. The van der Waals surface area contributed by atoms with Gasteiger partial charge in [0.1, 0.15) is 29.4 Å². The maximum Gasteiger partial charge on any atom is 0.416 e. The average Bonchev–Trinajstić information content (AvgIpc) is 3.42. The number of carbonyl (C=O) groups excluding carboxylic acids is 1. The van der Waals surface area contributed by atoms with E-state index in [-0.39, 0.29) is 19.1 Å². The predicted molar refractivity (Wildman–Crippen MR) is 162 cm³/mol. The molecule has 0 radical (unpaired) electrons. The summed E-state index contributed by atoms with van der Waals surface area (Å²) in [7, 11) is -1.45. The van der Waals surface area contributed by atoms with Crippen molar-refractivity contribution in [1.82, 2.24) is 24.5 Å². The van der Waals surface area contributed by atoms with E-state index in [9.17, 15) is 35.7 Å². The Morgan fingerprint density at radius 2 is 1.78 bits per heavy atom. The van der Waals surface area contributed by atoms with Crippen LogP contribution in [-0.4, -0.2) is 81.6 Å². The molecular formula is C28H43F6N5O4SSi. The smallest absolute Gasteiger partial charge is 0.416 e. The van der Waals surface area contributed by atoms with Gasteiger partial charge in [0.15, 0.2) is 5.60 Å². The van der Waals surface area contributed by atoms with E-state index >= 15 is 0 Å². The number of hydrogen-bond donors (Lipinski definition) is 2. The Bertz CT molecular complexity index is 1330. The fraction of sp³-hybridized carbons (Fsp3) is 0.714. The first kappa shape index (κ1) is 37.4. The summed E-state index contributed by atoms with van der Waals surface area (Å²) in [6.07, 6.45) is -9.27. The van der Waals surface area contributed by atoms with E-state index < -0.39 is 73.4 Å². The van der Waals surface area contributed by atoms with E-state index in [1.54, 1.807) is 43.5 Å². The largest absolute Gasteiger partial charge is 0.598 e. The number of urea groups is 1. The first-order valence-corrected chi connectivity index (χ1v) is 19.3. The number of aromatic nitrogens is 2. The van der Waals surface area contributed by atoms with E-state index in [0.717, 1.165) is 24.8 Å². The third-order valence-electron chi connectivity index (χ3n) is 7.23. The van der Waals surface area contributed by atoms with Crippen molar-refractivity contribution in [3.8, 4) is 0 Å². The highest BCUT2D eigenvalue weighted by molar-refractivity contribution is 7.90. The molecule has 3 rings (SSSR count). The molecular weight excluding hydrogens is 644 g/mol. The van der Waals surface area contributed by atoms with Crippen LogP contribution in [0.15, 0.2) is 18.2 Å². The monoisotopic (exact) mass is 687 g/mol. The second-order valence-electron chi connectivity index (χ2n) is 13.9. The maximum absolute atomic E-state index is 13.7. The van der Waals surface area contributed by atoms with Gasteiger partial charge < -0.3 is 28.8 Å². The van der Waals surface area contributed by atoms with Crippen LogP contribution in [0.2, 0.25) is 25.7 Å². The lowest BCUT2D eigenvalue weighted by molar-refractivity contribution is -0.265. The Labute approximate surface area is 263 Å². The van der Waals surface area contributed by atoms with Crippen molar-refractivity contribution in [3.05, 3.63) is 29.6 Å². The molecule has 1 aliphatic heterocycles. The van der Waals surface area contributed by atoms with Crippen molar-refractivity contribution >= 4 is 36.5 Å². The third-order valence-corrected chi connectivity index (χ3v) is 10.5. The van der Waals surface area contributed by atoms with Crippen molar-refractivity contribution in [1.29, 1.82) is 0 Å². The molecule has 1 fully saturated rings. The number of hydrogen-bond acceptors (Lipinski definition) is 6. The number of amides is 2. The summed E-state index contributed by atoms with van der Waals surface area (Å²) in [5.41, 5.74) is -1.12. The molecule has 9 nitrogen and oxygen atoms in total. The lowest BCUT2D eigenvalue weighted by atomic mass is 10.1. The molecule has 1 saturated heterocycles. The molecule has 2 heterocycles. The van der Waals surface area contributed by atoms with Crippen LogP contribution in [-0.2, 0) is 34.1 Å². The van der Waals surface area contributed by atoms with Crippen molar-refractivity contribution in [2.75, 3.05) is 19.8 Å². The van der Waals surface area contributed by atoms with Gasteiger partial charge in [-0.05, 0) is 58.4 Å². The molecule has 45 heavy (non-hydrogen) atoms. The van der Waals surface area contributed by atoms with Gasteiger partial charge in [-0.3, -0.25) is 0 Å². The topological polar surface area (TPSA) is 104 Å². The summed E-state index contributed by atoms with van der Waals surface area (Å²) in [5, 5.41) is 1.93. The van der Waals surface area contributed by atoms with Gasteiger partial charge in [0.2, 0.25) is 0 Å². The number of rotatable bonds is 13. The molecule has 1 unspecified atom stereocenters. The van der Waals surface area contributed by atoms with Crippen molar-refractivity contribution in [3.63, 3.8) is 0 Å². The summed E-state index contributed by atoms with van der Waals surface area (Å²) in [4.78, 5) is 17.9. The van der Waals surface area contributed by atoms with Gasteiger partial charge >= 0.3 is 18.4 Å². The minimum Gasteiger partial charge on any atom is -0.598 e. The van der Waals surface area contributed by atoms with E-state index in [2.05, 4.69) is 29.3 Å². The summed E-state index contributed by atoms with van der Waals surface area (Å²) in [6, 6.07) is 1.86. The zero-order valence-electron chi connectivity index (χ0n) is 26.8. The molecule has 1 aliphatic rings. The Balaban J connectivity index is 2.01. The number of halogens is 6. The van der Waals surface area contributed by atoms with Gasteiger partial charge in [-0.15, -0.1) is 4.72 Å². The fourth-order valence-corrected chi connectivity index (χ4v) is 5.74. The number of nitrogens with one attached hydrogen (secondary N) is 2. The van der Waals surface area contributed by atoms with Gasteiger partial charge in [-0.1, -0.05) is 25.7 Å². The number of benzene rings is 1. The van der Waals surface area contributed by atoms with Crippen molar-refractivity contribution in [2.45, 2.75) is 108 Å². The van der Waals surface area contributed by atoms with Crippen LogP contribution in [0.25, 0.3) is 11.0 Å². The summed E-state index contributed by atoms with van der Waals surface area (Å²) >= 11 is -1.73. The van der Waals surface area contributed by atoms with Gasteiger partial charge in [0.25, 0.3) is 0 Å². The van der Waals surface area contributed by atoms with Crippen molar-refractivity contribution in [2.24, 2.45) is 0 Å². The number of fused-ring (bicyclic) bond motifs is 1. The normalized spacial score (nSPS) is 18.5. The summed E-state index contributed by atoms with van der Waals surface area (Å²) in [6.45, 7) is 12.7. The summed E-state index contributed by atoms with van der Waals surface area (Å²) < 4.78 is 109. The highest BCUT2D eigenvalue weighted by Crippen LogP contribution is 2.35. The van der Waals surface area contributed by atoms with Gasteiger partial charge in [0.05, 0.1) is 24.2 Å². The van der Waals surface area contributed by atoms with Crippen LogP contribution >= 0.6 is 0 Å². The van der Waals surface area contributed by atoms with Crippen molar-refractivity contribution < 1.29 is 45.2 Å². The number of alkyl halides is 6. The third kappa shape index (κ3) is 9.97. The molecule has 2 aromatic rings. The average molecular weight is 688 g/mol. The van der Waals surface area contributed by atoms with Gasteiger partial charge in [-0.25, -0.2) is 9.78 Å². The SMILES string of the molecule is CC(C)(C)[S+]([O-])N[C@@H](COC(C)(C)C(F)(F)F)c1nc2cc(CN3C[C@@H](C(F)(F)F)NC3=O)ccc2n1COCC[Si](C)(C)C. The Morgan fingerprint density at radius 1 is 1.13 bits per heavy atom. The molecule has 0 aliphatic carbocycles. The zero-order chi connectivity index (χ0) is 34.2. The second kappa shape index (κ2) is 13.6. The predicted octanol–water partition coefficient (Wildman–Crippen LogP) is 6.26. The molecule has 0 bridgehead atoms. The van der Waals surface area contributed by atoms with Crippen LogP contribution in [0.4, 0.5) is 31.1 Å². The van der Waals surface area contributed by atoms with Crippen LogP contribution in [0.3, 0.4) is 0 Å². The second-order valence-corrected chi connectivity index (χ2v) is 21.5. The van der Waals surface area contributed by atoms with Gasteiger partial charge in [0, 0.05) is 32.6 Å². The molecule has 256 valence electrons. The van der Waals surface area contributed by atoms with Crippen LogP contribution < -0.4 is 10.0 Å². The Kier molecular flexibility index (Phi) is 11.3. The standard InChI is InChI=1S/C28H43F6N5O4SSi/c1-25(2,3)44(41)37-20(16-43-26(4,5)28(32,33)34)23-35-19-13-18(14-38-15-22(27(29,30)31)36-24(38)40)9-10-21(19)39(23)17-42-11-12-45(6,7)8/h9-10,13,20,22,37H,11-12,14-17H2,1-8H3,(H,36,40)/t20-,22-,44?/m0/s1. The van der Waals surface area contributed by atoms with Crippen LogP contribution in [0, 0.1) is 0 Å². The van der Waals surface area contributed by atoms with Gasteiger partial charge in [-0.2, -0.15) is 26.3 Å². The van der Waals surface area contributed by atoms with E-state index in [4.69, 9.17) is 9.47 Å². The lowest BCUT2D eigenvalue weighted by Gasteiger charge is -2.32. The van der Waals surface area contributed by atoms with E-state index in [1.807, 2.05) is 5.32 Å². The van der Waals surface area contributed by atoms with Crippen LogP contribution in [0.1, 0.15) is 52.0 Å². The first-order valence-electron chi connectivity index (χ1n) is 14.5. The minimum atomic E-state index is -4.68. The number of carbonyl (C=O) groups is 1. The molecule has 0 spiro atoms. The Morgan fingerprint density at radius 3 is 2.31 bits per heavy atom. The molecule has 0 saturated carbocycles. The van der Waals surface area contributed by atoms with Crippen LogP contribution in [0.5, 0.6) is 0 Å². The fourth-order valence-electron chi connectivity index (χ4n) is 4.20. The van der Waals surface area contributed by atoms with E-state index in [0.29, 0.717) is 23.2 Å². The minimum absolute atomic E-state index is 0.0134. The quantitative estimate of drug-likeness (QED) is 0.112. The number of ether oxygens (including phenoxy) is 2. The molecule has 1 aromatic carbocycles. The molecule has 2 N–H and O–H groups in total. The number of imidazole rings is 1. The summed E-state index contributed by atoms with van der Waals surface area (Å²) in [5.74, 6) is 0.210. The van der Waals surface area contributed by atoms with E-state index in [1.165, 1.54) is 0 Å².